The standard InChI is InChI=1S/C14H17NO/c1-10-2-3-12-11(8-10)13(16)9-14(12)4-6-15-7-5-14/h2-3,8,15H,4-7,9H2,1H3. The average molecular weight is 215 g/mol. The van der Waals surface area contributed by atoms with E-state index in [1.54, 1.807) is 0 Å². The summed E-state index contributed by atoms with van der Waals surface area (Å²) in [6, 6.07) is 6.39. The lowest BCUT2D eigenvalue weighted by Gasteiger charge is -2.34. The molecular formula is C14H17NO. The van der Waals surface area contributed by atoms with Crippen molar-refractivity contribution in [2.24, 2.45) is 0 Å². The Kier molecular flexibility index (Phi) is 2.15. The number of hydrogen-bond donors (Lipinski definition) is 1. The van der Waals surface area contributed by atoms with Gasteiger partial charge in [-0.3, -0.25) is 4.79 Å². The number of rotatable bonds is 0. The second-order valence-electron chi connectivity index (χ2n) is 5.18. The number of carbonyl (C=O) groups excluding carboxylic acids is 1. The highest BCUT2D eigenvalue weighted by Crippen LogP contribution is 2.45. The molecule has 3 rings (SSSR count). The third kappa shape index (κ3) is 1.33. The Balaban J connectivity index is 2.11. The van der Waals surface area contributed by atoms with Crippen LogP contribution in [0.5, 0.6) is 0 Å². The van der Waals surface area contributed by atoms with Gasteiger partial charge in [-0.15, -0.1) is 0 Å². The molecular weight excluding hydrogens is 198 g/mol. The quantitative estimate of drug-likeness (QED) is 0.719. The monoisotopic (exact) mass is 215 g/mol. The van der Waals surface area contributed by atoms with Crippen LogP contribution in [-0.4, -0.2) is 18.9 Å². The molecule has 0 atom stereocenters. The number of ketones is 1. The van der Waals surface area contributed by atoms with Crippen molar-refractivity contribution in [1.29, 1.82) is 0 Å². The molecule has 84 valence electrons. The Labute approximate surface area is 96.1 Å². The fraction of sp³-hybridized carbons (Fsp3) is 0.500. The highest BCUT2D eigenvalue weighted by Gasteiger charge is 2.43. The van der Waals surface area contributed by atoms with Crippen LogP contribution in [-0.2, 0) is 5.41 Å². The largest absolute Gasteiger partial charge is 0.317 e. The summed E-state index contributed by atoms with van der Waals surface area (Å²) in [5, 5.41) is 3.38. The average Bonchev–Trinajstić information content (AvgIpc) is 2.53. The zero-order valence-electron chi connectivity index (χ0n) is 9.68. The lowest BCUT2D eigenvalue weighted by Crippen LogP contribution is -2.38. The second-order valence-corrected chi connectivity index (χ2v) is 5.18. The van der Waals surface area contributed by atoms with Gasteiger partial charge in [0.15, 0.2) is 5.78 Å². The Morgan fingerprint density at radius 1 is 1.25 bits per heavy atom. The summed E-state index contributed by atoms with van der Waals surface area (Å²) in [7, 11) is 0. The van der Waals surface area contributed by atoms with Crippen molar-refractivity contribution in [2.45, 2.75) is 31.6 Å². The van der Waals surface area contributed by atoms with Gasteiger partial charge in [-0.05, 0) is 44.5 Å². The molecule has 1 N–H and O–H groups in total. The molecule has 1 aliphatic carbocycles. The Hall–Kier alpha value is -1.15. The van der Waals surface area contributed by atoms with Gasteiger partial charge in [0, 0.05) is 17.4 Å². The summed E-state index contributed by atoms with van der Waals surface area (Å²) in [6.07, 6.45) is 2.94. The molecule has 1 saturated heterocycles. The van der Waals surface area contributed by atoms with Crippen LogP contribution in [0.3, 0.4) is 0 Å². The minimum atomic E-state index is 0.158. The molecule has 1 spiro atoms. The molecule has 0 aromatic heterocycles. The van der Waals surface area contributed by atoms with Gasteiger partial charge in [0.25, 0.3) is 0 Å². The van der Waals surface area contributed by atoms with Crippen LogP contribution in [0, 0.1) is 6.92 Å². The Bertz CT molecular complexity index is 444. The SMILES string of the molecule is Cc1ccc2c(c1)C(=O)CC21CCNCC1. The maximum Gasteiger partial charge on any atom is 0.164 e. The van der Waals surface area contributed by atoms with E-state index in [4.69, 9.17) is 0 Å². The minimum absolute atomic E-state index is 0.158. The number of benzene rings is 1. The first-order valence-corrected chi connectivity index (χ1v) is 6.06. The third-order valence-electron chi connectivity index (χ3n) is 4.11. The first-order valence-electron chi connectivity index (χ1n) is 6.06. The third-order valence-corrected chi connectivity index (χ3v) is 4.11. The Morgan fingerprint density at radius 2 is 2.00 bits per heavy atom. The number of nitrogens with one attached hydrogen (secondary N) is 1. The van der Waals surface area contributed by atoms with E-state index in [1.165, 1.54) is 11.1 Å². The van der Waals surface area contributed by atoms with Crippen LogP contribution in [0.25, 0.3) is 0 Å². The zero-order valence-corrected chi connectivity index (χ0v) is 9.68. The van der Waals surface area contributed by atoms with Crippen LogP contribution in [0.4, 0.5) is 0 Å². The number of Topliss-reactive ketones (excluding diaryl/α,β-unsaturated/α-hetero) is 1. The summed E-state index contributed by atoms with van der Waals surface area (Å²) in [6.45, 7) is 4.14. The van der Waals surface area contributed by atoms with Crippen molar-refractivity contribution < 1.29 is 4.79 Å². The molecule has 2 nitrogen and oxygen atoms in total. The fourth-order valence-electron chi connectivity index (χ4n) is 3.20. The highest BCUT2D eigenvalue weighted by atomic mass is 16.1. The first kappa shape index (κ1) is 10.0. The normalized spacial score (nSPS) is 22.4. The smallest absolute Gasteiger partial charge is 0.164 e. The number of aryl methyl sites for hydroxylation is 1. The molecule has 2 aliphatic rings. The number of piperidine rings is 1. The van der Waals surface area contributed by atoms with Gasteiger partial charge in [0.05, 0.1) is 0 Å². The van der Waals surface area contributed by atoms with Crippen LogP contribution < -0.4 is 5.32 Å². The molecule has 0 amide bonds. The summed E-state index contributed by atoms with van der Waals surface area (Å²) in [5.41, 5.74) is 3.65. The number of hydrogen-bond acceptors (Lipinski definition) is 2. The van der Waals surface area contributed by atoms with Crippen LogP contribution in [0.1, 0.15) is 40.7 Å². The van der Waals surface area contributed by atoms with E-state index in [2.05, 4.69) is 30.4 Å². The van der Waals surface area contributed by atoms with E-state index in [1.807, 2.05) is 0 Å². The number of fused-ring (bicyclic) bond motifs is 2. The molecule has 1 aliphatic heterocycles. The van der Waals surface area contributed by atoms with Crippen molar-refractivity contribution in [1.82, 2.24) is 5.32 Å². The van der Waals surface area contributed by atoms with Crippen molar-refractivity contribution in [3.05, 3.63) is 34.9 Å². The van der Waals surface area contributed by atoms with Gasteiger partial charge >= 0.3 is 0 Å². The van der Waals surface area contributed by atoms with Gasteiger partial charge in [0.2, 0.25) is 0 Å². The highest BCUT2D eigenvalue weighted by molar-refractivity contribution is 6.02. The molecule has 0 saturated carbocycles. The molecule has 16 heavy (non-hydrogen) atoms. The van der Waals surface area contributed by atoms with Gasteiger partial charge in [-0.2, -0.15) is 0 Å². The molecule has 0 unspecified atom stereocenters. The van der Waals surface area contributed by atoms with Crippen molar-refractivity contribution in [2.75, 3.05) is 13.1 Å². The molecule has 1 heterocycles. The van der Waals surface area contributed by atoms with Crippen LogP contribution in [0.2, 0.25) is 0 Å². The molecule has 1 aromatic rings. The lowest BCUT2D eigenvalue weighted by molar-refractivity contribution is 0.0964. The molecule has 0 radical (unpaired) electrons. The van der Waals surface area contributed by atoms with E-state index >= 15 is 0 Å². The first-order chi connectivity index (χ1) is 7.71. The fourth-order valence-corrected chi connectivity index (χ4v) is 3.20. The van der Waals surface area contributed by atoms with E-state index < -0.39 is 0 Å². The molecule has 1 fully saturated rings. The Morgan fingerprint density at radius 3 is 2.75 bits per heavy atom. The van der Waals surface area contributed by atoms with Crippen LogP contribution >= 0.6 is 0 Å². The summed E-state index contributed by atoms with van der Waals surface area (Å²) in [4.78, 5) is 12.1. The van der Waals surface area contributed by atoms with Crippen molar-refractivity contribution >= 4 is 5.78 Å². The maximum atomic E-state index is 12.1. The predicted molar refractivity (Wildman–Crippen MR) is 63.9 cm³/mol. The van der Waals surface area contributed by atoms with Gasteiger partial charge in [-0.1, -0.05) is 17.7 Å². The van der Waals surface area contributed by atoms with Crippen molar-refractivity contribution in [3.63, 3.8) is 0 Å². The van der Waals surface area contributed by atoms with Gasteiger partial charge in [0.1, 0.15) is 0 Å². The summed E-state index contributed by atoms with van der Waals surface area (Å²) >= 11 is 0. The predicted octanol–water partition coefficient (Wildman–Crippen LogP) is 2.20. The van der Waals surface area contributed by atoms with Gasteiger partial charge in [-0.25, -0.2) is 0 Å². The maximum absolute atomic E-state index is 12.1. The molecule has 1 aromatic carbocycles. The summed E-state index contributed by atoms with van der Waals surface area (Å²) in [5.74, 6) is 0.348. The van der Waals surface area contributed by atoms with Gasteiger partial charge < -0.3 is 5.32 Å². The zero-order chi connectivity index (χ0) is 11.2. The van der Waals surface area contributed by atoms with E-state index in [9.17, 15) is 4.79 Å². The van der Waals surface area contributed by atoms with Crippen LogP contribution in [0.15, 0.2) is 18.2 Å². The second kappa shape index (κ2) is 3.42. The lowest BCUT2D eigenvalue weighted by atomic mass is 9.74. The summed E-state index contributed by atoms with van der Waals surface area (Å²) < 4.78 is 0. The number of carbonyl (C=O) groups is 1. The topological polar surface area (TPSA) is 29.1 Å². The van der Waals surface area contributed by atoms with E-state index in [0.29, 0.717) is 5.78 Å². The molecule has 2 heteroatoms. The van der Waals surface area contributed by atoms with Crippen molar-refractivity contribution in [3.8, 4) is 0 Å². The van der Waals surface area contributed by atoms with E-state index in [-0.39, 0.29) is 5.41 Å². The van der Waals surface area contributed by atoms with E-state index in [0.717, 1.165) is 37.9 Å². The molecule has 0 bridgehead atoms. The minimum Gasteiger partial charge on any atom is -0.317 e.